The predicted molar refractivity (Wildman–Crippen MR) is 84.2 cm³/mol. The van der Waals surface area contributed by atoms with Crippen LogP contribution in [0.1, 0.15) is 11.1 Å². The third-order valence-corrected chi connectivity index (χ3v) is 3.23. The van der Waals surface area contributed by atoms with Crippen LogP contribution < -0.4 is 15.8 Å². The van der Waals surface area contributed by atoms with Crippen molar-refractivity contribution < 1.29 is 9.53 Å². The van der Waals surface area contributed by atoms with Gasteiger partial charge >= 0.3 is 0 Å². The summed E-state index contributed by atoms with van der Waals surface area (Å²) in [5.74, 6) is 0.513. The second-order valence-electron chi connectivity index (χ2n) is 4.88. The number of nitrogens with one attached hydrogen (secondary N) is 1. The third kappa shape index (κ3) is 4.84. The van der Waals surface area contributed by atoms with Gasteiger partial charge in [0.25, 0.3) is 5.91 Å². The van der Waals surface area contributed by atoms with Crippen molar-refractivity contribution in [2.45, 2.75) is 13.3 Å². The van der Waals surface area contributed by atoms with Crippen molar-refractivity contribution in [3.63, 3.8) is 0 Å². The van der Waals surface area contributed by atoms with Gasteiger partial charge in [-0.1, -0.05) is 24.3 Å². The number of hydrogen-bond acceptors (Lipinski definition) is 3. The molecule has 110 valence electrons. The van der Waals surface area contributed by atoms with E-state index in [9.17, 15) is 4.79 Å². The van der Waals surface area contributed by atoms with Crippen LogP contribution in [0.5, 0.6) is 5.75 Å². The summed E-state index contributed by atoms with van der Waals surface area (Å²) in [5.41, 5.74) is 8.74. The molecule has 0 saturated carbocycles. The second-order valence-corrected chi connectivity index (χ2v) is 4.88. The number of amides is 1. The van der Waals surface area contributed by atoms with E-state index in [4.69, 9.17) is 10.5 Å². The normalized spacial score (nSPS) is 10.1. The summed E-state index contributed by atoms with van der Waals surface area (Å²) in [4.78, 5) is 11.7. The van der Waals surface area contributed by atoms with E-state index in [2.05, 4.69) is 24.4 Å². The van der Waals surface area contributed by atoms with E-state index in [1.165, 1.54) is 11.1 Å². The van der Waals surface area contributed by atoms with Gasteiger partial charge in [-0.3, -0.25) is 4.79 Å². The molecule has 0 aliphatic carbocycles. The highest BCUT2D eigenvalue weighted by Crippen LogP contribution is 2.12. The van der Waals surface area contributed by atoms with Gasteiger partial charge in [-0.05, 0) is 48.7 Å². The van der Waals surface area contributed by atoms with Gasteiger partial charge in [0.15, 0.2) is 6.61 Å². The van der Waals surface area contributed by atoms with Crippen molar-refractivity contribution in [1.82, 2.24) is 5.32 Å². The molecule has 0 spiro atoms. The van der Waals surface area contributed by atoms with Crippen LogP contribution in [0.15, 0.2) is 48.5 Å². The van der Waals surface area contributed by atoms with Gasteiger partial charge in [0.05, 0.1) is 0 Å². The molecule has 1 amide bonds. The number of carbonyl (C=O) groups is 1. The molecule has 0 bridgehead atoms. The summed E-state index contributed by atoms with van der Waals surface area (Å²) in [5, 5.41) is 2.85. The Bertz CT molecular complexity index is 594. The maximum absolute atomic E-state index is 11.7. The molecule has 0 fully saturated rings. The number of benzene rings is 2. The first-order valence-corrected chi connectivity index (χ1v) is 6.94. The molecule has 2 rings (SSSR count). The Hall–Kier alpha value is -2.49. The van der Waals surface area contributed by atoms with Gasteiger partial charge in [0.2, 0.25) is 0 Å². The van der Waals surface area contributed by atoms with Crippen molar-refractivity contribution >= 4 is 11.6 Å². The van der Waals surface area contributed by atoms with Gasteiger partial charge in [-0.2, -0.15) is 0 Å². The fourth-order valence-electron chi connectivity index (χ4n) is 1.99. The molecule has 0 aromatic heterocycles. The lowest BCUT2D eigenvalue weighted by Crippen LogP contribution is -2.30. The molecule has 2 aromatic carbocycles. The van der Waals surface area contributed by atoms with Gasteiger partial charge in [-0.15, -0.1) is 0 Å². The molecule has 0 atom stereocenters. The summed E-state index contributed by atoms with van der Waals surface area (Å²) in [6, 6.07) is 15.1. The highest BCUT2D eigenvalue weighted by atomic mass is 16.5. The highest BCUT2D eigenvalue weighted by Gasteiger charge is 2.03. The molecule has 0 heterocycles. The number of aryl methyl sites for hydroxylation is 1. The van der Waals surface area contributed by atoms with Gasteiger partial charge in [-0.25, -0.2) is 0 Å². The molecule has 2 aromatic rings. The zero-order valence-electron chi connectivity index (χ0n) is 12.1. The summed E-state index contributed by atoms with van der Waals surface area (Å²) in [6.45, 7) is 2.69. The standard InChI is InChI=1S/C17H20N2O2/c1-13-4-2-3-5-14(13)10-11-19-17(20)12-21-16-8-6-15(18)7-9-16/h2-9H,10-12,18H2,1H3,(H,19,20). The minimum Gasteiger partial charge on any atom is -0.484 e. The van der Waals surface area contributed by atoms with Crippen molar-refractivity contribution in [2.75, 3.05) is 18.9 Å². The first kappa shape index (κ1) is 14.9. The monoisotopic (exact) mass is 284 g/mol. The predicted octanol–water partition coefficient (Wildman–Crippen LogP) is 2.31. The Morgan fingerprint density at radius 2 is 1.86 bits per heavy atom. The van der Waals surface area contributed by atoms with Crippen LogP contribution >= 0.6 is 0 Å². The Morgan fingerprint density at radius 1 is 1.14 bits per heavy atom. The fourth-order valence-corrected chi connectivity index (χ4v) is 1.99. The SMILES string of the molecule is Cc1ccccc1CCNC(=O)COc1ccc(N)cc1. The Labute approximate surface area is 124 Å². The maximum atomic E-state index is 11.7. The van der Waals surface area contributed by atoms with E-state index in [0.29, 0.717) is 18.0 Å². The van der Waals surface area contributed by atoms with Gasteiger partial charge < -0.3 is 15.8 Å². The Morgan fingerprint density at radius 3 is 2.57 bits per heavy atom. The van der Waals surface area contributed by atoms with Gasteiger partial charge in [0.1, 0.15) is 5.75 Å². The van der Waals surface area contributed by atoms with Crippen LogP contribution in [0.2, 0.25) is 0 Å². The Kier molecular flexibility index (Phi) is 5.21. The molecule has 0 aliphatic rings. The van der Waals surface area contributed by atoms with E-state index in [-0.39, 0.29) is 12.5 Å². The van der Waals surface area contributed by atoms with E-state index >= 15 is 0 Å². The van der Waals surface area contributed by atoms with Crippen LogP contribution in [-0.2, 0) is 11.2 Å². The van der Waals surface area contributed by atoms with Crippen LogP contribution in [0, 0.1) is 6.92 Å². The first-order chi connectivity index (χ1) is 10.1. The average molecular weight is 284 g/mol. The number of ether oxygens (including phenoxy) is 1. The van der Waals surface area contributed by atoms with Crippen LogP contribution in [0.3, 0.4) is 0 Å². The quantitative estimate of drug-likeness (QED) is 0.800. The molecular formula is C17H20N2O2. The molecule has 21 heavy (non-hydrogen) atoms. The smallest absolute Gasteiger partial charge is 0.257 e. The zero-order valence-corrected chi connectivity index (χ0v) is 12.1. The van der Waals surface area contributed by atoms with Gasteiger partial charge in [0, 0.05) is 12.2 Å². The van der Waals surface area contributed by atoms with Crippen LogP contribution in [0.25, 0.3) is 0 Å². The number of hydrogen-bond donors (Lipinski definition) is 2. The molecular weight excluding hydrogens is 264 g/mol. The Balaban J connectivity index is 1.70. The summed E-state index contributed by atoms with van der Waals surface area (Å²) in [7, 11) is 0. The maximum Gasteiger partial charge on any atom is 0.257 e. The third-order valence-electron chi connectivity index (χ3n) is 3.23. The van der Waals surface area contributed by atoms with E-state index in [1.54, 1.807) is 24.3 Å². The molecule has 0 saturated heterocycles. The average Bonchev–Trinajstić information content (AvgIpc) is 2.49. The molecule has 3 N–H and O–H groups in total. The van der Waals surface area contributed by atoms with E-state index in [1.807, 2.05) is 12.1 Å². The lowest BCUT2D eigenvalue weighted by molar-refractivity contribution is -0.123. The largest absolute Gasteiger partial charge is 0.484 e. The molecule has 0 radical (unpaired) electrons. The fraction of sp³-hybridized carbons (Fsp3) is 0.235. The lowest BCUT2D eigenvalue weighted by atomic mass is 10.1. The van der Waals surface area contributed by atoms with E-state index < -0.39 is 0 Å². The van der Waals surface area contributed by atoms with Crippen molar-refractivity contribution in [3.05, 3.63) is 59.7 Å². The van der Waals surface area contributed by atoms with Crippen molar-refractivity contribution in [1.29, 1.82) is 0 Å². The minimum atomic E-state index is -0.125. The molecule has 0 unspecified atom stereocenters. The number of anilines is 1. The number of nitrogen functional groups attached to an aromatic ring is 1. The van der Waals surface area contributed by atoms with E-state index in [0.717, 1.165) is 6.42 Å². The number of nitrogens with two attached hydrogens (primary N) is 1. The molecule has 0 aliphatic heterocycles. The topological polar surface area (TPSA) is 64.3 Å². The number of carbonyl (C=O) groups excluding carboxylic acids is 1. The van der Waals surface area contributed by atoms with Crippen molar-refractivity contribution in [2.24, 2.45) is 0 Å². The first-order valence-electron chi connectivity index (χ1n) is 6.94. The van der Waals surface area contributed by atoms with Crippen molar-refractivity contribution in [3.8, 4) is 5.75 Å². The highest BCUT2D eigenvalue weighted by molar-refractivity contribution is 5.77. The summed E-state index contributed by atoms with van der Waals surface area (Å²) in [6.07, 6.45) is 0.820. The molecule has 4 heteroatoms. The minimum absolute atomic E-state index is 0.0116. The second kappa shape index (κ2) is 7.33. The lowest BCUT2D eigenvalue weighted by Gasteiger charge is -2.09. The number of rotatable bonds is 6. The van der Waals surface area contributed by atoms with Crippen LogP contribution in [-0.4, -0.2) is 19.1 Å². The molecule has 4 nitrogen and oxygen atoms in total. The van der Waals surface area contributed by atoms with Crippen LogP contribution in [0.4, 0.5) is 5.69 Å². The summed E-state index contributed by atoms with van der Waals surface area (Å²) < 4.78 is 5.38. The summed E-state index contributed by atoms with van der Waals surface area (Å²) >= 11 is 0. The zero-order chi connectivity index (χ0) is 15.1.